The van der Waals surface area contributed by atoms with E-state index in [1.807, 2.05) is 83.1 Å². The van der Waals surface area contributed by atoms with E-state index < -0.39 is 57.5 Å². The van der Waals surface area contributed by atoms with Crippen molar-refractivity contribution in [3.63, 3.8) is 0 Å². The molecule has 4 atom stereocenters. The van der Waals surface area contributed by atoms with Gasteiger partial charge in [0.15, 0.2) is 29.4 Å². The summed E-state index contributed by atoms with van der Waals surface area (Å²) in [7, 11) is -0.0293. The van der Waals surface area contributed by atoms with Crippen LogP contribution in [0.3, 0.4) is 0 Å². The van der Waals surface area contributed by atoms with Gasteiger partial charge in [-0.15, -0.1) is 0 Å². The predicted molar refractivity (Wildman–Crippen MR) is 371 cm³/mol. The molecule has 8 fully saturated rings. The molecule has 8 saturated carbocycles. The van der Waals surface area contributed by atoms with Crippen LogP contribution in [0.5, 0.6) is 0 Å². The van der Waals surface area contributed by atoms with Gasteiger partial charge < -0.3 is 30.2 Å². The van der Waals surface area contributed by atoms with Crippen molar-refractivity contribution in [2.75, 3.05) is 19.8 Å². The minimum atomic E-state index is -4.01. The van der Waals surface area contributed by atoms with Gasteiger partial charge in [0.25, 0.3) is 0 Å². The zero-order valence-corrected chi connectivity index (χ0v) is 60.6. The molecule has 8 aliphatic rings. The average molecular weight is 1400 g/mol. The Labute approximate surface area is 577 Å². The first-order chi connectivity index (χ1) is 46.0. The average Bonchev–Trinajstić information content (AvgIpc) is 0.737. The SMILES string of the molecule is CC.CC.CC.CC.CC.CC.O=C(OCC12CC3CC(CC(CO)(C3)C1)C2)C(F)(F)SOO[O-].O=C(OCC12CC3CC(CC(O)(C3)C1)C2)C(F)(F)SOO[O-].c1ccc([S+](c2ccccc2)c2ccccc2)cc1.c1ccc([S+](c2ccccc2)c2ccccc2)cc1. The Hall–Kier alpha value is -4.94. The van der Waals surface area contributed by atoms with Crippen LogP contribution in [0.4, 0.5) is 17.6 Å². The molecule has 12 nitrogen and oxygen atoms in total. The molecule has 6 aromatic rings. The molecule has 4 unspecified atom stereocenters. The highest BCUT2D eigenvalue weighted by atomic mass is 32.2. The molecule has 526 valence electrons. The molecule has 0 saturated heterocycles. The van der Waals surface area contributed by atoms with Crippen LogP contribution in [0.25, 0.3) is 0 Å². The van der Waals surface area contributed by atoms with Gasteiger partial charge in [-0.05, 0) is 179 Å². The summed E-state index contributed by atoms with van der Waals surface area (Å²) in [4.78, 5) is 31.1. The summed E-state index contributed by atoms with van der Waals surface area (Å²) < 4.78 is 70.1. The van der Waals surface area contributed by atoms with Crippen molar-refractivity contribution in [1.82, 2.24) is 0 Å². The molecule has 2 N–H and O–H groups in total. The van der Waals surface area contributed by atoms with Crippen molar-refractivity contribution in [2.24, 2.45) is 39.9 Å². The molecule has 95 heavy (non-hydrogen) atoms. The molecular weight excluding hydrogens is 1300 g/mol. The number of esters is 2. The maximum atomic E-state index is 13.4. The lowest BCUT2D eigenvalue weighted by molar-refractivity contribution is -0.777. The molecular formula is C75H102F4O12S4. The van der Waals surface area contributed by atoms with Crippen molar-refractivity contribution < 1.29 is 76.1 Å². The van der Waals surface area contributed by atoms with E-state index in [-0.39, 0.29) is 52.4 Å². The molecule has 8 bridgehead atoms. The topological polar surface area (TPSA) is 176 Å². The fourth-order valence-electron chi connectivity index (χ4n) is 14.5. The first-order valence-electron chi connectivity index (χ1n) is 33.5. The minimum Gasteiger partial charge on any atom is -0.691 e. The Morgan fingerprint density at radius 1 is 0.421 bits per heavy atom. The van der Waals surface area contributed by atoms with Gasteiger partial charge in [-0.2, -0.15) is 26.2 Å². The van der Waals surface area contributed by atoms with Crippen LogP contribution in [-0.2, 0) is 59.6 Å². The third-order valence-electron chi connectivity index (χ3n) is 16.5. The van der Waals surface area contributed by atoms with Gasteiger partial charge in [-0.3, -0.25) is 10.1 Å². The van der Waals surface area contributed by atoms with Crippen LogP contribution in [0, 0.1) is 39.9 Å². The standard InChI is InChI=1S/2C18H15S.C14H20F2O6S.C13H18F2O6S.6C2H6/c2*1-4-10-16(11-5-1)19(17-12-6-2-7-13-17)18-14-8-3-9-15-18;15-14(16,23-22-21-19)11(18)20-8-13-4-9-1-10(5-13)3-12(2-9,6-13)7-17;14-13(15,22-21-20-18)10(16)19-7-11-2-8-1-9(3-11)5-12(17,4-8)6-11;6*1-2/h2*1-15H;9-10,17,19H,1-8H2;8-9,17-18H,1-7H2;6*1-2H3/q2*+1;;;;;;;;/p-2. The number of alkyl halides is 4. The van der Waals surface area contributed by atoms with E-state index in [2.05, 4.69) is 201 Å². The summed E-state index contributed by atoms with van der Waals surface area (Å²) in [6, 6.07) is 64.3. The van der Waals surface area contributed by atoms with Crippen LogP contribution in [0.15, 0.2) is 211 Å². The zero-order valence-electron chi connectivity index (χ0n) is 57.4. The molecule has 0 heterocycles. The number of carbonyl (C=O) groups excluding carboxylic acids is 2. The first-order valence-corrected chi connectivity index (χ1v) is 37.4. The van der Waals surface area contributed by atoms with Gasteiger partial charge in [0.2, 0.25) is 0 Å². The number of ether oxygens (including phenoxy) is 2. The van der Waals surface area contributed by atoms with Gasteiger partial charge in [0.05, 0.1) is 40.6 Å². The lowest BCUT2D eigenvalue weighted by atomic mass is 9.44. The molecule has 8 aliphatic carbocycles. The number of carbonyl (C=O) groups is 2. The van der Waals surface area contributed by atoms with Crippen LogP contribution in [0.1, 0.15) is 160 Å². The van der Waals surface area contributed by atoms with E-state index in [1.165, 1.54) is 29.4 Å². The third kappa shape index (κ3) is 25.1. The van der Waals surface area contributed by atoms with E-state index in [0.29, 0.717) is 36.5 Å². The van der Waals surface area contributed by atoms with Gasteiger partial charge in [-0.1, -0.05) is 192 Å². The van der Waals surface area contributed by atoms with Gasteiger partial charge in [-0.25, -0.2) is 9.59 Å². The molecule has 20 heteroatoms. The Kier molecular flexibility index (Phi) is 38.6. The van der Waals surface area contributed by atoms with Crippen molar-refractivity contribution in [3.8, 4) is 0 Å². The minimum absolute atomic E-state index is 0.0146. The second-order valence-electron chi connectivity index (χ2n) is 22.9. The highest BCUT2D eigenvalue weighted by Crippen LogP contribution is 2.65. The van der Waals surface area contributed by atoms with Crippen LogP contribution < -0.4 is 10.5 Å². The number of halogens is 4. The number of benzene rings is 6. The monoisotopic (exact) mass is 1400 g/mol. The summed E-state index contributed by atoms with van der Waals surface area (Å²) in [6.07, 6.45) is 10.1. The predicted octanol–water partition coefficient (Wildman–Crippen LogP) is 18.6. The normalized spacial score (nSPS) is 23.3. The number of hydrogen-bond acceptors (Lipinski definition) is 14. The summed E-state index contributed by atoms with van der Waals surface area (Å²) in [5.41, 5.74) is -1.62. The molecule has 0 aliphatic heterocycles. The van der Waals surface area contributed by atoms with Crippen LogP contribution in [-0.4, -0.2) is 58.1 Å². The largest absolute Gasteiger partial charge is 0.691 e. The van der Waals surface area contributed by atoms with Crippen molar-refractivity contribution >= 4 is 57.8 Å². The Morgan fingerprint density at radius 3 is 0.884 bits per heavy atom. The zero-order chi connectivity index (χ0) is 70.6. The maximum absolute atomic E-state index is 13.4. The smallest absolute Gasteiger partial charge is 0.415 e. The third-order valence-corrected chi connectivity index (χ3v) is 22.0. The van der Waals surface area contributed by atoms with Crippen molar-refractivity contribution in [2.45, 2.75) is 206 Å². The van der Waals surface area contributed by atoms with Gasteiger partial charge in [0.1, 0.15) is 24.1 Å². The molecule has 14 rings (SSSR count). The fourth-order valence-corrected chi connectivity index (χ4v) is 19.2. The summed E-state index contributed by atoms with van der Waals surface area (Å²) >= 11 is -1.36. The lowest BCUT2D eigenvalue weighted by Crippen LogP contribution is -2.57. The second kappa shape index (κ2) is 43.5. The fraction of sp³-hybridized carbons (Fsp3) is 0.493. The van der Waals surface area contributed by atoms with E-state index in [4.69, 9.17) is 9.47 Å². The van der Waals surface area contributed by atoms with Gasteiger partial charge in [0, 0.05) is 17.4 Å². The quantitative estimate of drug-likeness (QED) is 0.0196. The summed E-state index contributed by atoms with van der Waals surface area (Å²) in [5.74, 6) is -1.83. The van der Waals surface area contributed by atoms with E-state index in [1.54, 1.807) is 0 Å². The van der Waals surface area contributed by atoms with Crippen LogP contribution in [0.2, 0.25) is 0 Å². The Morgan fingerprint density at radius 2 is 0.653 bits per heavy atom. The highest BCUT2D eigenvalue weighted by Gasteiger charge is 2.60. The Bertz CT molecular complexity index is 2650. The number of aliphatic hydroxyl groups excluding tert-OH is 1. The van der Waals surface area contributed by atoms with E-state index in [9.17, 15) is 47.9 Å². The molecule has 6 aromatic carbocycles. The van der Waals surface area contributed by atoms with Crippen molar-refractivity contribution in [3.05, 3.63) is 182 Å². The number of aliphatic hydroxyl groups is 2. The van der Waals surface area contributed by atoms with Crippen molar-refractivity contribution in [1.29, 1.82) is 0 Å². The highest BCUT2D eigenvalue weighted by molar-refractivity contribution is 7.97. The van der Waals surface area contributed by atoms with E-state index >= 15 is 0 Å². The number of hydrogen-bond donors (Lipinski definition) is 2. The number of rotatable bonds is 19. The Balaban J connectivity index is 0.000000314. The summed E-state index contributed by atoms with van der Waals surface area (Å²) in [6.45, 7) is 23.9. The lowest BCUT2D eigenvalue weighted by Gasteiger charge is -2.61. The van der Waals surface area contributed by atoms with Crippen LogP contribution >= 0.6 is 24.1 Å². The maximum Gasteiger partial charge on any atom is 0.415 e. The first kappa shape index (κ1) is 84.3. The molecule has 0 radical (unpaired) electrons. The molecule has 0 aromatic heterocycles. The summed E-state index contributed by atoms with van der Waals surface area (Å²) in [5, 5.41) is 37.1. The molecule has 0 spiro atoms. The van der Waals surface area contributed by atoms with E-state index in [0.717, 1.165) is 64.2 Å². The molecule has 0 amide bonds. The van der Waals surface area contributed by atoms with Gasteiger partial charge >= 0.3 is 22.4 Å². The second-order valence-corrected chi connectivity index (χ2v) is 28.6.